The molecule has 1 amide bonds. The molecule has 0 radical (unpaired) electrons. The van der Waals surface area contributed by atoms with Crippen LogP contribution in [-0.2, 0) is 6.54 Å². The first kappa shape index (κ1) is 17.9. The van der Waals surface area contributed by atoms with E-state index in [0.29, 0.717) is 23.6 Å². The zero-order valence-corrected chi connectivity index (χ0v) is 15.7. The van der Waals surface area contributed by atoms with Gasteiger partial charge in [-0.2, -0.15) is 0 Å². The van der Waals surface area contributed by atoms with E-state index in [-0.39, 0.29) is 11.8 Å². The van der Waals surface area contributed by atoms with Crippen molar-refractivity contribution in [2.75, 3.05) is 12.4 Å². The second kappa shape index (κ2) is 8.01. The zero-order chi connectivity index (χ0) is 18.5. The van der Waals surface area contributed by atoms with Crippen molar-refractivity contribution in [2.45, 2.75) is 26.3 Å². The lowest BCUT2D eigenvalue weighted by Gasteiger charge is -2.09. The molecule has 7 nitrogen and oxygen atoms in total. The number of nitrogens with one attached hydrogen (secondary N) is 2. The fourth-order valence-corrected chi connectivity index (χ4v) is 3.31. The minimum Gasteiger partial charge on any atom is -0.371 e. The summed E-state index contributed by atoms with van der Waals surface area (Å²) in [4.78, 5) is 22.2. The van der Waals surface area contributed by atoms with Gasteiger partial charge < -0.3 is 10.6 Å². The predicted octanol–water partition coefficient (Wildman–Crippen LogP) is 3.09. The largest absolute Gasteiger partial charge is 0.371 e. The van der Waals surface area contributed by atoms with Crippen molar-refractivity contribution in [1.29, 1.82) is 0 Å². The Bertz CT molecular complexity index is 908. The van der Waals surface area contributed by atoms with Gasteiger partial charge in [0.2, 0.25) is 0 Å². The highest BCUT2D eigenvalue weighted by atomic mass is 32.1. The number of carbonyl (C=O) groups excluding carboxylic acids is 1. The quantitative estimate of drug-likeness (QED) is 0.694. The van der Waals surface area contributed by atoms with E-state index >= 15 is 0 Å². The lowest BCUT2D eigenvalue weighted by Crippen LogP contribution is -2.23. The van der Waals surface area contributed by atoms with Crippen LogP contribution in [0.5, 0.6) is 0 Å². The van der Waals surface area contributed by atoms with Crippen LogP contribution >= 0.6 is 11.5 Å². The highest BCUT2D eigenvalue weighted by Crippen LogP contribution is 2.24. The second-order valence-corrected chi connectivity index (χ2v) is 6.84. The summed E-state index contributed by atoms with van der Waals surface area (Å²) in [5.41, 5.74) is 3.04. The van der Waals surface area contributed by atoms with Gasteiger partial charge in [-0.1, -0.05) is 30.5 Å². The maximum Gasteiger partial charge on any atom is 0.251 e. The molecule has 0 saturated carbocycles. The summed E-state index contributed by atoms with van der Waals surface area (Å²) in [6.07, 6.45) is 3.26. The van der Waals surface area contributed by atoms with Gasteiger partial charge in [0.1, 0.15) is 5.69 Å². The second-order valence-electron chi connectivity index (χ2n) is 6.00. The van der Waals surface area contributed by atoms with Crippen LogP contribution in [0.25, 0.3) is 11.3 Å². The molecule has 0 fully saturated rings. The number of benzene rings is 1. The summed E-state index contributed by atoms with van der Waals surface area (Å²) in [5, 5.41) is 10.1. The molecule has 0 spiro atoms. The number of aromatic nitrogens is 4. The van der Waals surface area contributed by atoms with Crippen molar-refractivity contribution < 1.29 is 4.79 Å². The molecule has 3 aromatic rings. The van der Waals surface area contributed by atoms with Gasteiger partial charge in [-0.15, -0.1) is 5.10 Å². The molecule has 8 heteroatoms. The van der Waals surface area contributed by atoms with Crippen LogP contribution in [0.1, 0.15) is 40.7 Å². The van der Waals surface area contributed by atoms with Gasteiger partial charge in [-0.3, -0.25) is 9.78 Å². The van der Waals surface area contributed by atoms with Gasteiger partial charge >= 0.3 is 0 Å². The van der Waals surface area contributed by atoms with Crippen molar-refractivity contribution in [1.82, 2.24) is 24.9 Å². The fraction of sp³-hybridized carbons (Fsp3) is 0.278. The Hall–Kier alpha value is -2.87. The molecular formula is C18H20N6OS. The van der Waals surface area contributed by atoms with Crippen LogP contribution in [0, 0.1) is 0 Å². The van der Waals surface area contributed by atoms with Gasteiger partial charge in [-0.05, 0) is 29.6 Å². The Morgan fingerprint density at radius 3 is 2.81 bits per heavy atom. The summed E-state index contributed by atoms with van der Waals surface area (Å²) in [6.45, 7) is 4.54. The fourth-order valence-electron chi connectivity index (χ4n) is 2.58. The third-order valence-corrected chi connectivity index (χ3v) is 4.61. The number of nitrogens with zero attached hydrogens (tertiary/aromatic N) is 4. The molecule has 2 aromatic heterocycles. The maximum atomic E-state index is 12.6. The van der Waals surface area contributed by atoms with Crippen molar-refractivity contribution in [2.24, 2.45) is 0 Å². The van der Waals surface area contributed by atoms with Crippen LogP contribution < -0.4 is 10.6 Å². The normalized spacial score (nSPS) is 10.8. The van der Waals surface area contributed by atoms with Crippen LogP contribution in [-0.4, -0.2) is 32.5 Å². The molecule has 0 atom stereocenters. The number of carbonyl (C=O) groups is 1. The number of hydrogen-bond acceptors (Lipinski definition) is 7. The third-order valence-electron chi connectivity index (χ3n) is 3.87. The number of rotatable bonds is 6. The minimum absolute atomic E-state index is 0.148. The molecule has 0 aliphatic heterocycles. The van der Waals surface area contributed by atoms with E-state index in [4.69, 9.17) is 0 Å². The molecular weight excluding hydrogens is 348 g/mol. The van der Waals surface area contributed by atoms with Gasteiger partial charge in [0, 0.05) is 30.6 Å². The standard InChI is InChI=1S/C18H20N6OS/c1-11(2)15-14(26-24-23-15)10-22-18(25)13-6-4-5-12(9-13)16-17(19-3)21-8-7-20-16/h4-9,11H,10H2,1-3H3,(H,19,21)(H,22,25). The Balaban J connectivity index is 1.77. The molecule has 0 bridgehead atoms. The number of hydrogen-bond donors (Lipinski definition) is 2. The molecule has 0 unspecified atom stereocenters. The molecule has 1 aromatic carbocycles. The van der Waals surface area contributed by atoms with Gasteiger partial charge in [0.05, 0.1) is 17.1 Å². The molecule has 2 heterocycles. The first-order chi connectivity index (χ1) is 12.6. The molecule has 2 N–H and O–H groups in total. The van der Waals surface area contributed by atoms with Gasteiger partial charge in [0.25, 0.3) is 5.91 Å². The van der Waals surface area contributed by atoms with Crippen LogP contribution in [0.15, 0.2) is 36.7 Å². The number of anilines is 1. The lowest BCUT2D eigenvalue weighted by molar-refractivity contribution is 0.0951. The van der Waals surface area contributed by atoms with Crippen LogP contribution in [0.3, 0.4) is 0 Å². The molecule has 26 heavy (non-hydrogen) atoms. The molecule has 0 aliphatic rings. The molecule has 0 aliphatic carbocycles. The van der Waals surface area contributed by atoms with E-state index in [2.05, 4.69) is 44.0 Å². The molecule has 3 rings (SSSR count). The van der Waals surface area contributed by atoms with E-state index in [9.17, 15) is 4.79 Å². The maximum absolute atomic E-state index is 12.6. The highest BCUT2D eigenvalue weighted by Gasteiger charge is 2.14. The number of amides is 1. The van der Waals surface area contributed by atoms with Crippen molar-refractivity contribution in [3.63, 3.8) is 0 Å². The Kier molecular flexibility index (Phi) is 5.52. The third kappa shape index (κ3) is 3.85. The van der Waals surface area contributed by atoms with E-state index in [0.717, 1.165) is 16.1 Å². The average molecular weight is 368 g/mol. The smallest absolute Gasteiger partial charge is 0.251 e. The van der Waals surface area contributed by atoms with Crippen molar-refractivity contribution in [3.05, 3.63) is 52.8 Å². The van der Waals surface area contributed by atoms with Crippen molar-refractivity contribution >= 4 is 23.3 Å². The van der Waals surface area contributed by atoms with Crippen LogP contribution in [0.2, 0.25) is 0 Å². The molecule has 0 saturated heterocycles. The summed E-state index contributed by atoms with van der Waals surface area (Å²) < 4.78 is 3.99. The highest BCUT2D eigenvalue weighted by molar-refractivity contribution is 7.05. The summed E-state index contributed by atoms with van der Waals surface area (Å²) >= 11 is 1.32. The Morgan fingerprint density at radius 1 is 1.23 bits per heavy atom. The summed E-state index contributed by atoms with van der Waals surface area (Å²) in [5.74, 6) is 0.799. The summed E-state index contributed by atoms with van der Waals surface area (Å²) in [7, 11) is 1.79. The van der Waals surface area contributed by atoms with Gasteiger partial charge in [0.15, 0.2) is 5.82 Å². The Labute approximate surface area is 156 Å². The minimum atomic E-state index is -0.148. The average Bonchev–Trinajstić information content (AvgIpc) is 3.15. The topological polar surface area (TPSA) is 92.7 Å². The lowest BCUT2D eigenvalue weighted by atomic mass is 10.1. The summed E-state index contributed by atoms with van der Waals surface area (Å²) in [6, 6.07) is 7.34. The van der Waals surface area contributed by atoms with E-state index < -0.39 is 0 Å². The Morgan fingerprint density at radius 2 is 2.04 bits per heavy atom. The predicted molar refractivity (Wildman–Crippen MR) is 102 cm³/mol. The van der Waals surface area contributed by atoms with E-state index in [1.807, 2.05) is 18.2 Å². The van der Waals surface area contributed by atoms with Crippen LogP contribution in [0.4, 0.5) is 5.82 Å². The van der Waals surface area contributed by atoms with Crippen molar-refractivity contribution in [3.8, 4) is 11.3 Å². The first-order valence-electron chi connectivity index (χ1n) is 8.28. The monoisotopic (exact) mass is 368 g/mol. The first-order valence-corrected chi connectivity index (χ1v) is 9.06. The molecule has 134 valence electrons. The van der Waals surface area contributed by atoms with E-state index in [1.165, 1.54) is 11.5 Å². The van der Waals surface area contributed by atoms with Gasteiger partial charge in [-0.25, -0.2) is 4.98 Å². The SMILES string of the molecule is CNc1nccnc1-c1cccc(C(=O)NCc2snnc2C(C)C)c1. The van der Waals surface area contributed by atoms with E-state index in [1.54, 1.807) is 25.5 Å². The zero-order valence-electron chi connectivity index (χ0n) is 14.9.